The summed E-state index contributed by atoms with van der Waals surface area (Å²) in [7, 11) is 0. The van der Waals surface area contributed by atoms with Gasteiger partial charge in [-0.05, 0) is 29.7 Å². The molecule has 0 saturated heterocycles. The molecule has 7 heteroatoms. The molecule has 5 nitrogen and oxygen atoms in total. The van der Waals surface area contributed by atoms with Crippen LogP contribution in [0.25, 0.3) is 0 Å². The van der Waals surface area contributed by atoms with Crippen LogP contribution in [0.3, 0.4) is 0 Å². The van der Waals surface area contributed by atoms with E-state index in [4.69, 9.17) is 11.5 Å². The maximum absolute atomic E-state index is 13.2. The van der Waals surface area contributed by atoms with Crippen LogP contribution in [0.4, 0.5) is 4.39 Å². The Hall–Kier alpha value is -2.60. The Morgan fingerprint density at radius 1 is 1.00 bits per heavy atom. The fraction of sp³-hybridized carbons (Fsp3) is 0.176. The average Bonchev–Trinajstić information content (AvgIpc) is 2.55. The lowest BCUT2D eigenvalue weighted by molar-refractivity contribution is 0.319. The van der Waals surface area contributed by atoms with Crippen LogP contribution in [0.5, 0.6) is 0 Å². The fourth-order valence-electron chi connectivity index (χ4n) is 2.55. The van der Waals surface area contributed by atoms with E-state index in [1.807, 2.05) is 23.1 Å². The van der Waals surface area contributed by atoms with Crippen LogP contribution in [0.15, 0.2) is 64.6 Å². The van der Waals surface area contributed by atoms with Gasteiger partial charge >= 0.3 is 0 Å². The summed E-state index contributed by atoms with van der Waals surface area (Å²) in [5, 5.41) is 0. The molecule has 0 aromatic heterocycles. The molecule has 126 valence electrons. The number of nitrogens with zero attached hydrogens (tertiary/aromatic N) is 3. The van der Waals surface area contributed by atoms with Crippen molar-refractivity contribution in [3.05, 3.63) is 71.5 Å². The van der Waals surface area contributed by atoms with Gasteiger partial charge in [0.05, 0.1) is 0 Å². The summed E-state index contributed by atoms with van der Waals surface area (Å²) in [6.45, 7) is 0.637. The first kappa shape index (κ1) is 17.7. The van der Waals surface area contributed by atoms with Crippen molar-refractivity contribution in [2.24, 2.45) is 21.5 Å². The van der Waals surface area contributed by atoms with Crippen LogP contribution in [0, 0.1) is 5.82 Å². The van der Waals surface area contributed by atoms with Gasteiger partial charge in [-0.3, -0.25) is 0 Å². The molecule has 0 aliphatic carbocycles. The van der Waals surface area contributed by atoms with E-state index in [2.05, 4.69) is 22.1 Å². The van der Waals surface area contributed by atoms with E-state index in [1.54, 1.807) is 12.1 Å². The summed E-state index contributed by atoms with van der Waals surface area (Å²) in [6.07, 6.45) is 0.404. The number of hydrogen-bond acceptors (Lipinski definition) is 5. The van der Waals surface area contributed by atoms with Crippen LogP contribution in [0.1, 0.15) is 17.3 Å². The molecule has 1 aliphatic heterocycles. The van der Waals surface area contributed by atoms with E-state index in [0.717, 1.165) is 12.0 Å². The normalized spacial score (nSPS) is 16.9. The second kappa shape index (κ2) is 7.79. The van der Waals surface area contributed by atoms with Crippen molar-refractivity contribution in [2.75, 3.05) is 6.54 Å². The Labute approximate surface area is 146 Å². The molecule has 2 aromatic rings. The molecule has 2 aromatic carbocycles. The summed E-state index contributed by atoms with van der Waals surface area (Å²) in [6, 6.07) is 16.3. The molecule has 3 rings (SSSR count). The first-order chi connectivity index (χ1) is 11.1. The highest BCUT2D eigenvalue weighted by Crippen LogP contribution is 2.25. The van der Waals surface area contributed by atoms with E-state index < -0.39 is 6.17 Å². The van der Waals surface area contributed by atoms with Gasteiger partial charge in [-0.2, -0.15) is 4.99 Å². The van der Waals surface area contributed by atoms with Gasteiger partial charge in [0.15, 0.2) is 6.17 Å². The number of halogens is 2. The van der Waals surface area contributed by atoms with E-state index in [1.165, 1.54) is 17.7 Å². The largest absolute Gasteiger partial charge is 0.369 e. The lowest BCUT2D eigenvalue weighted by Crippen LogP contribution is -2.45. The second-order valence-electron chi connectivity index (χ2n) is 5.31. The SMILES string of the molecule is Cl.NC1=NC(c2ccc(F)cc2)N(CCc2ccccc2)C(N)=N1. The molecular formula is C17H19ClFN5. The van der Waals surface area contributed by atoms with Gasteiger partial charge in [0, 0.05) is 6.54 Å². The molecule has 0 bridgehead atoms. The topological polar surface area (TPSA) is 80.0 Å². The maximum Gasteiger partial charge on any atom is 0.220 e. The van der Waals surface area contributed by atoms with Crippen molar-refractivity contribution < 1.29 is 4.39 Å². The van der Waals surface area contributed by atoms with Gasteiger partial charge in [-0.15, -0.1) is 12.4 Å². The third-order valence-electron chi connectivity index (χ3n) is 3.73. The number of nitrogens with two attached hydrogens (primary N) is 2. The minimum absolute atomic E-state index is 0. The third-order valence-corrected chi connectivity index (χ3v) is 3.73. The predicted octanol–water partition coefficient (Wildman–Crippen LogP) is 2.43. The number of guanidine groups is 2. The van der Waals surface area contributed by atoms with Crippen molar-refractivity contribution in [1.29, 1.82) is 0 Å². The van der Waals surface area contributed by atoms with E-state index in [9.17, 15) is 4.39 Å². The van der Waals surface area contributed by atoms with E-state index >= 15 is 0 Å². The van der Waals surface area contributed by atoms with Gasteiger partial charge in [0.25, 0.3) is 0 Å². The highest BCUT2D eigenvalue weighted by atomic mass is 35.5. The smallest absolute Gasteiger partial charge is 0.220 e. The Balaban J connectivity index is 0.00000208. The maximum atomic E-state index is 13.2. The summed E-state index contributed by atoms with van der Waals surface area (Å²) in [5.41, 5.74) is 13.8. The van der Waals surface area contributed by atoms with Crippen molar-refractivity contribution in [1.82, 2.24) is 4.90 Å². The van der Waals surface area contributed by atoms with Crippen molar-refractivity contribution in [3.63, 3.8) is 0 Å². The summed E-state index contributed by atoms with van der Waals surface area (Å²) >= 11 is 0. The van der Waals surface area contributed by atoms with Crippen molar-refractivity contribution in [2.45, 2.75) is 12.6 Å². The molecule has 0 spiro atoms. The number of benzene rings is 2. The third kappa shape index (κ3) is 4.02. The van der Waals surface area contributed by atoms with Gasteiger partial charge in [0.2, 0.25) is 11.9 Å². The van der Waals surface area contributed by atoms with E-state index in [-0.39, 0.29) is 24.2 Å². The highest BCUT2D eigenvalue weighted by molar-refractivity contribution is 5.95. The van der Waals surface area contributed by atoms with Gasteiger partial charge in [-0.25, -0.2) is 9.38 Å². The summed E-state index contributed by atoms with van der Waals surface area (Å²) in [4.78, 5) is 10.3. The molecule has 1 unspecified atom stereocenters. The molecule has 4 N–H and O–H groups in total. The lowest BCUT2D eigenvalue weighted by Gasteiger charge is -2.32. The van der Waals surface area contributed by atoms with Crippen LogP contribution in [0.2, 0.25) is 0 Å². The second-order valence-corrected chi connectivity index (χ2v) is 5.31. The molecule has 1 heterocycles. The average molecular weight is 348 g/mol. The number of hydrogen-bond donors (Lipinski definition) is 2. The van der Waals surface area contributed by atoms with Crippen molar-refractivity contribution >= 4 is 24.3 Å². The molecule has 0 saturated carbocycles. The standard InChI is InChI=1S/C17H18FN5.ClH/c18-14-8-6-13(7-9-14)15-21-16(19)22-17(20)23(15)11-10-12-4-2-1-3-5-12;/h1-9,15H,10-11H2,(H4,19,20,21,22);1H. The zero-order chi connectivity index (χ0) is 16.2. The first-order valence-electron chi connectivity index (χ1n) is 7.37. The number of aliphatic imine (C=N–C) groups is 2. The summed E-state index contributed by atoms with van der Waals surface area (Å²) in [5.74, 6) is 0.162. The Morgan fingerprint density at radius 3 is 2.33 bits per heavy atom. The first-order valence-corrected chi connectivity index (χ1v) is 7.37. The van der Waals surface area contributed by atoms with Crippen molar-refractivity contribution in [3.8, 4) is 0 Å². The Kier molecular flexibility index (Phi) is 5.76. The Bertz CT molecular complexity index is 730. The molecule has 1 aliphatic rings. The molecule has 0 radical (unpaired) electrons. The van der Waals surface area contributed by atoms with Crippen LogP contribution >= 0.6 is 12.4 Å². The zero-order valence-corrected chi connectivity index (χ0v) is 13.8. The zero-order valence-electron chi connectivity index (χ0n) is 13.0. The minimum atomic E-state index is -0.392. The monoisotopic (exact) mass is 347 g/mol. The van der Waals surface area contributed by atoms with Gasteiger partial charge < -0.3 is 16.4 Å². The van der Waals surface area contributed by atoms with Crippen LogP contribution in [-0.2, 0) is 6.42 Å². The van der Waals surface area contributed by atoms with Crippen LogP contribution in [-0.4, -0.2) is 23.4 Å². The molecule has 0 amide bonds. The van der Waals surface area contributed by atoms with Gasteiger partial charge in [0.1, 0.15) is 5.82 Å². The van der Waals surface area contributed by atoms with Crippen LogP contribution < -0.4 is 11.5 Å². The fourth-order valence-corrected chi connectivity index (χ4v) is 2.55. The summed E-state index contributed by atoms with van der Waals surface area (Å²) < 4.78 is 13.2. The lowest BCUT2D eigenvalue weighted by atomic mass is 10.1. The Morgan fingerprint density at radius 2 is 1.67 bits per heavy atom. The number of rotatable bonds is 4. The molecule has 24 heavy (non-hydrogen) atoms. The minimum Gasteiger partial charge on any atom is -0.369 e. The van der Waals surface area contributed by atoms with Gasteiger partial charge in [-0.1, -0.05) is 42.5 Å². The molecule has 1 atom stereocenters. The predicted molar refractivity (Wildman–Crippen MR) is 96.5 cm³/mol. The highest BCUT2D eigenvalue weighted by Gasteiger charge is 2.25. The van der Waals surface area contributed by atoms with E-state index in [0.29, 0.717) is 12.5 Å². The molecular weight excluding hydrogens is 329 g/mol. The molecule has 0 fully saturated rings. The quantitative estimate of drug-likeness (QED) is 0.891.